The molecule has 21 heavy (non-hydrogen) atoms. The number of nitrogens with zero attached hydrogens (tertiary/aromatic N) is 3. The lowest BCUT2D eigenvalue weighted by Crippen LogP contribution is -2.60. The average molecular weight is 303 g/mol. The Labute approximate surface area is 127 Å². The average Bonchev–Trinajstić information content (AvgIpc) is 3.08. The van der Waals surface area contributed by atoms with E-state index >= 15 is 0 Å². The smallest absolute Gasteiger partial charge is 0.246 e. The van der Waals surface area contributed by atoms with Crippen LogP contribution in [0.4, 0.5) is 0 Å². The highest BCUT2D eigenvalue weighted by Crippen LogP contribution is 2.52. The van der Waals surface area contributed by atoms with Crippen molar-refractivity contribution in [1.29, 1.82) is 5.26 Å². The zero-order chi connectivity index (χ0) is 15.4. The number of hydrogen-bond acceptors (Lipinski definition) is 4. The standard InChI is InChI=1S/C15H17N3O2S/c1-9-13(19)18-10(14(20)17(9)3)7-15(2,8-16)12(18)11-5-4-6-21-11/h4-6,9-10,12H,7H2,1-3H3/t9?,10?,12?,15-/m1/s1. The third kappa shape index (κ3) is 1.80. The second kappa shape index (κ2) is 4.57. The molecule has 2 fully saturated rings. The Morgan fingerprint density at radius 3 is 2.71 bits per heavy atom. The molecule has 110 valence electrons. The molecule has 0 aromatic carbocycles. The zero-order valence-electron chi connectivity index (χ0n) is 12.2. The molecule has 2 amide bonds. The molecule has 3 rings (SSSR count). The Balaban J connectivity index is 2.12. The fourth-order valence-electron chi connectivity index (χ4n) is 3.40. The van der Waals surface area contributed by atoms with Crippen LogP contribution in [0.1, 0.15) is 31.2 Å². The van der Waals surface area contributed by atoms with Crippen molar-refractivity contribution in [2.45, 2.75) is 38.4 Å². The number of fused-ring (bicyclic) bond motifs is 1. The second-order valence-electron chi connectivity index (χ2n) is 6.04. The zero-order valence-corrected chi connectivity index (χ0v) is 13.1. The quantitative estimate of drug-likeness (QED) is 0.794. The van der Waals surface area contributed by atoms with Crippen LogP contribution < -0.4 is 0 Å². The highest BCUT2D eigenvalue weighted by Gasteiger charge is 2.58. The molecule has 0 radical (unpaired) electrons. The van der Waals surface area contributed by atoms with Gasteiger partial charge in [-0.05, 0) is 31.7 Å². The molecule has 2 saturated heterocycles. The van der Waals surface area contributed by atoms with Crippen molar-refractivity contribution in [3.8, 4) is 6.07 Å². The van der Waals surface area contributed by atoms with Crippen LogP contribution in [-0.2, 0) is 9.59 Å². The summed E-state index contributed by atoms with van der Waals surface area (Å²) >= 11 is 1.53. The molecule has 0 bridgehead atoms. The summed E-state index contributed by atoms with van der Waals surface area (Å²) in [6, 6.07) is 4.87. The van der Waals surface area contributed by atoms with E-state index in [1.54, 1.807) is 18.9 Å². The lowest BCUT2D eigenvalue weighted by molar-refractivity contribution is -0.159. The van der Waals surface area contributed by atoms with E-state index in [0.29, 0.717) is 6.42 Å². The number of hydrogen-bond donors (Lipinski definition) is 0. The van der Waals surface area contributed by atoms with E-state index in [-0.39, 0.29) is 17.9 Å². The maximum absolute atomic E-state index is 12.7. The minimum Gasteiger partial charge on any atom is -0.332 e. The van der Waals surface area contributed by atoms with Crippen LogP contribution in [-0.4, -0.2) is 40.7 Å². The lowest BCUT2D eigenvalue weighted by Gasteiger charge is -2.41. The summed E-state index contributed by atoms with van der Waals surface area (Å²) in [5.74, 6) is -0.137. The number of nitriles is 1. The Morgan fingerprint density at radius 1 is 1.43 bits per heavy atom. The van der Waals surface area contributed by atoms with Gasteiger partial charge in [0.25, 0.3) is 0 Å². The predicted molar refractivity (Wildman–Crippen MR) is 78.3 cm³/mol. The molecule has 3 heterocycles. The molecule has 0 aliphatic carbocycles. The molecule has 1 aromatic heterocycles. The summed E-state index contributed by atoms with van der Waals surface area (Å²) in [5.41, 5.74) is -0.730. The van der Waals surface area contributed by atoms with Gasteiger partial charge in [0.2, 0.25) is 11.8 Å². The fraction of sp³-hybridized carbons (Fsp3) is 0.533. The minimum atomic E-state index is -0.730. The third-order valence-electron chi connectivity index (χ3n) is 4.73. The molecule has 3 unspecified atom stereocenters. The van der Waals surface area contributed by atoms with Gasteiger partial charge in [0, 0.05) is 11.9 Å². The van der Waals surface area contributed by atoms with Gasteiger partial charge in [-0.2, -0.15) is 5.26 Å². The molecule has 6 heteroatoms. The normalized spacial score (nSPS) is 35.8. The van der Waals surface area contributed by atoms with Crippen molar-refractivity contribution in [3.63, 3.8) is 0 Å². The summed E-state index contributed by atoms with van der Waals surface area (Å²) in [6.45, 7) is 3.59. The van der Waals surface area contributed by atoms with Gasteiger partial charge in [0.15, 0.2) is 0 Å². The van der Waals surface area contributed by atoms with Gasteiger partial charge in [-0.1, -0.05) is 6.07 Å². The van der Waals surface area contributed by atoms with Gasteiger partial charge >= 0.3 is 0 Å². The third-order valence-corrected chi connectivity index (χ3v) is 5.65. The van der Waals surface area contributed by atoms with Gasteiger partial charge in [-0.25, -0.2) is 0 Å². The van der Waals surface area contributed by atoms with Crippen molar-refractivity contribution in [2.75, 3.05) is 7.05 Å². The van der Waals surface area contributed by atoms with Gasteiger partial charge in [-0.15, -0.1) is 11.3 Å². The molecule has 0 N–H and O–H groups in total. The summed E-state index contributed by atoms with van der Waals surface area (Å²) in [7, 11) is 1.66. The molecule has 2 aliphatic rings. The highest BCUT2D eigenvalue weighted by molar-refractivity contribution is 7.10. The minimum absolute atomic E-state index is 0.0670. The van der Waals surface area contributed by atoms with Crippen LogP contribution in [0.25, 0.3) is 0 Å². The first-order chi connectivity index (χ1) is 9.90. The molecule has 1 aromatic rings. The molecular weight excluding hydrogens is 286 g/mol. The lowest BCUT2D eigenvalue weighted by atomic mass is 9.82. The Bertz CT molecular complexity index is 636. The number of carbonyl (C=O) groups excluding carboxylic acids is 2. The van der Waals surface area contributed by atoms with Crippen molar-refractivity contribution in [2.24, 2.45) is 5.41 Å². The first-order valence-corrected chi connectivity index (χ1v) is 7.82. The molecule has 2 aliphatic heterocycles. The maximum Gasteiger partial charge on any atom is 0.246 e. The number of piperazine rings is 1. The van der Waals surface area contributed by atoms with Crippen LogP contribution in [0, 0.1) is 16.7 Å². The number of amides is 2. The van der Waals surface area contributed by atoms with E-state index in [0.717, 1.165) is 4.88 Å². The maximum atomic E-state index is 12.7. The van der Waals surface area contributed by atoms with E-state index in [2.05, 4.69) is 6.07 Å². The number of rotatable bonds is 1. The van der Waals surface area contributed by atoms with Crippen LogP contribution in [0.2, 0.25) is 0 Å². The van der Waals surface area contributed by atoms with E-state index < -0.39 is 17.5 Å². The highest BCUT2D eigenvalue weighted by atomic mass is 32.1. The fourth-order valence-corrected chi connectivity index (χ4v) is 4.37. The Morgan fingerprint density at radius 2 is 2.14 bits per heavy atom. The van der Waals surface area contributed by atoms with E-state index in [1.165, 1.54) is 16.2 Å². The van der Waals surface area contributed by atoms with Gasteiger partial charge in [0.1, 0.15) is 12.1 Å². The second-order valence-corrected chi connectivity index (χ2v) is 7.02. The van der Waals surface area contributed by atoms with Crippen LogP contribution >= 0.6 is 11.3 Å². The predicted octanol–water partition coefficient (Wildman–Crippen LogP) is 1.78. The summed E-state index contributed by atoms with van der Waals surface area (Å²) in [4.78, 5) is 29.3. The van der Waals surface area contributed by atoms with Crippen molar-refractivity contribution < 1.29 is 9.59 Å². The number of thiophene rings is 1. The molecular formula is C15H17N3O2S. The molecule has 5 nitrogen and oxygen atoms in total. The topological polar surface area (TPSA) is 64.4 Å². The summed E-state index contributed by atoms with van der Waals surface area (Å²) < 4.78 is 0. The molecule has 4 atom stereocenters. The molecule has 0 spiro atoms. The first kappa shape index (κ1) is 14.1. The van der Waals surface area contributed by atoms with E-state index in [9.17, 15) is 14.9 Å². The van der Waals surface area contributed by atoms with Crippen molar-refractivity contribution >= 4 is 23.2 Å². The summed E-state index contributed by atoms with van der Waals surface area (Å²) in [5, 5.41) is 11.6. The number of carbonyl (C=O) groups is 2. The Hall–Kier alpha value is -1.87. The Kier molecular flexibility index (Phi) is 3.06. The monoisotopic (exact) mass is 303 g/mol. The van der Waals surface area contributed by atoms with Crippen LogP contribution in [0.3, 0.4) is 0 Å². The summed E-state index contributed by atoms with van der Waals surface area (Å²) in [6.07, 6.45) is 0.397. The van der Waals surface area contributed by atoms with E-state index in [4.69, 9.17) is 0 Å². The largest absolute Gasteiger partial charge is 0.332 e. The molecule has 0 saturated carbocycles. The van der Waals surface area contributed by atoms with Gasteiger partial charge in [0.05, 0.1) is 17.5 Å². The van der Waals surface area contributed by atoms with E-state index in [1.807, 2.05) is 24.4 Å². The number of likely N-dealkylation sites (N-methyl/N-ethyl adjacent to an activating group) is 1. The SMILES string of the molecule is CC1C(=O)N2C(C[C@](C)(C#N)C2c2cccs2)C(=O)N1C. The van der Waals surface area contributed by atoms with Gasteiger partial charge in [-0.3, -0.25) is 9.59 Å². The van der Waals surface area contributed by atoms with Crippen LogP contribution in [0.5, 0.6) is 0 Å². The van der Waals surface area contributed by atoms with Crippen molar-refractivity contribution in [1.82, 2.24) is 9.80 Å². The van der Waals surface area contributed by atoms with Gasteiger partial charge < -0.3 is 9.80 Å². The van der Waals surface area contributed by atoms with Crippen LogP contribution in [0.15, 0.2) is 17.5 Å². The first-order valence-electron chi connectivity index (χ1n) is 6.94. The van der Waals surface area contributed by atoms with Crippen molar-refractivity contribution in [3.05, 3.63) is 22.4 Å².